The lowest BCUT2D eigenvalue weighted by Crippen LogP contribution is -2.51. The van der Waals surface area contributed by atoms with Crippen molar-refractivity contribution >= 4 is 52.6 Å². The molecule has 2 N–H and O–H groups in total. The van der Waals surface area contributed by atoms with Crippen molar-refractivity contribution in [2.24, 2.45) is 11.8 Å². The van der Waals surface area contributed by atoms with Crippen LogP contribution in [0, 0.1) is 23.2 Å². The Morgan fingerprint density at radius 2 is 1.84 bits per heavy atom. The molecule has 2 heterocycles. The summed E-state index contributed by atoms with van der Waals surface area (Å²) in [7, 11) is 2.90. The number of hydrogen-bond acceptors (Lipinski definition) is 8. The molecular weight excluding hydrogens is 593 g/mol. The molecule has 43 heavy (non-hydrogen) atoms. The van der Waals surface area contributed by atoms with E-state index in [2.05, 4.69) is 28.3 Å². The minimum Gasteiger partial charge on any atom is -0.495 e. The van der Waals surface area contributed by atoms with Crippen LogP contribution < -0.4 is 29.9 Å². The van der Waals surface area contributed by atoms with Gasteiger partial charge in [-0.1, -0.05) is 55.5 Å². The quantitative estimate of drug-likeness (QED) is 0.267. The second-order valence-corrected chi connectivity index (χ2v) is 11.9. The molecule has 228 valence electrons. The zero-order valence-electron chi connectivity index (χ0n) is 24.2. The molecule has 2 fully saturated rings. The minimum absolute atomic E-state index is 0.0529. The van der Waals surface area contributed by atoms with Gasteiger partial charge in [-0.25, -0.2) is 9.78 Å². The second kappa shape index (κ2) is 13.3. The minimum atomic E-state index is -0.534. The highest BCUT2D eigenvalue weighted by molar-refractivity contribution is 6.42. The number of urea groups is 1. The smallest absolute Gasteiger partial charge is 0.331 e. The van der Waals surface area contributed by atoms with Crippen LogP contribution in [-0.2, 0) is 11.3 Å². The number of aromatic nitrogens is 2. The topological polar surface area (TPSA) is 133 Å². The number of nitriles is 1. The van der Waals surface area contributed by atoms with Crippen LogP contribution in [0.2, 0.25) is 10.0 Å². The summed E-state index contributed by atoms with van der Waals surface area (Å²) in [5.41, 5.74) is 0.791. The SMILES string of the molecule is C=CC(=O)NC1CCC(C2CCCC2)CC1Nc1ncc2c(n1)N(CC#N)C(=O)N(c1c(Cl)c(OC)cc(OC)c1Cl)C2. The largest absolute Gasteiger partial charge is 0.495 e. The molecule has 1 aromatic carbocycles. The van der Waals surface area contributed by atoms with Gasteiger partial charge in [0.15, 0.2) is 0 Å². The lowest BCUT2D eigenvalue weighted by Gasteiger charge is -2.39. The fourth-order valence-electron chi connectivity index (χ4n) is 6.58. The first-order valence-electron chi connectivity index (χ1n) is 14.4. The molecule has 3 amide bonds. The van der Waals surface area contributed by atoms with Crippen molar-refractivity contribution in [2.45, 2.75) is 63.6 Å². The number of anilines is 3. The molecule has 13 heteroatoms. The van der Waals surface area contributed by atoms with E-state index in [1.165, 1.54) is 61.8 Å². The van der Waals surface area contributed by atoms with Gasteiger partial charge in [0, 0.05) is 29.9 Å². The van der Waals surface area contributed by atoms with Gasteiger partial charge < -0.3 is 20.1 Å². The molecule has 0 bridgehead atoms. The first kappa shape index (κ1) is 30.7. The molecule has 0 radical (unpaired) electrons. The first-order chi connectivity index (χ1) is 20.8. The Morgan fingerprint density at radius 1 is 1.14 bits per heavy atom. The van der Waals surface area contributed by atoms with Gasteiger partial charge in [-0.2, -0.15) is 10.2 Å². The molecule has 3 aliphatic rings. The van der Waals surface area contributed by atoms with E-state index >= 15 is 0 Å². The molecule has 1 aromatic heterocycles. The number of amides is 3. The summed E-state index contributed by atoms with van der Waals surface area (Å²) in [6, 6.07) is 2.83. The maximum Gasteiger partial charge on any atom is 0.331 e. The Bertz CT molecular complexity index is 1410. The molecule has 0 saturated heterocycles. The predicted octanol–water partition coefficient (Wildman–Crippen LogP) is 5.71. The average molecular weight is 629 g/mol. The number of benzene rings is 1. The number of nitrogens with one attached hydrogen (secondary N) is 2. The van der Waals surface area contributed by atoms with Gasteiger partial charge in [-0.3, -0.25) is 14.6 Å². The van der Waals surface area contributed by atoms with Crippen molar-refractivity contribution in [3.8, 4) is 17.6 Å². The number of rotatable bonds is 9. The fourth-order valence-corrected chi connectivity index (χ4v) is 7.29. The van der Waals surface area contributed by atoms with Gasteiger partial charge in [0.1, 0.15) is 33.9 Å². The summed E-state index contributed by atoms with van der Waals surface area (Å²) in [5.74, 6) is 2.21. The van der Waals surface area contributed by atoms with Gasteiger partial charge in [0.05, 0.1) is 32.5 Å². The lowest BCUT2D eigenvalue weighted by atomic mass is 9.75. The van der Waals surface area contributed by atoms with E-state index in [9.17, 15) is 14.9 Å². The van der Waals surface area contributed by atoms with Crippen LogP contribution in [0.15, 0.2) is 24.9 Å². The van der Waals surface area contributed by atoms with Crippen LogP contribution in [0.3, 0.4) is 0 Å². The summed E-state index contributed by atoms with van der Waals surface area (Å²) in [6.07, 6.45) is 10.7. The molecular formula is C30H35Cl2N7O4. The number of ether oxygens (including phenoxy) is 2. The zero-order valence-corrected chi connectivity index (χ0v) is 25.7. The van der Waals surface area contributed by atoms with E-state index in [1.807, 2.05) is 0 Å². The van der Waals surface area contributed by atoms with E-state index in [0.717, 1.165) is 19.3 Å². The monoisotopic (exact) mass is 627 g/mol. The van der Waals surface area contributed by atoms with Crippen molar-refractivity contribution in [2.75, 3.05) is 35.9 Å². The van der Waals surface area contributed by atoms with Crippen molar-refractivity contribution in [1.82, 2.24) is 15.3 Å². The number of nitrogens with zero attached hydrogens (tertiary/aromatic N) is 5. The van der Waals surface area contributed by atoms with Crippen LogP contribution in [0.5, 0.6) is 11.5 Å². The Morgan fingerprint density at radius 3 is 2.47 bits per heavy atom. The van der Waals surface area contributed by atoms with E-state index in [1.54, 1.807) is 6.20 Å². The van der Waals surface area contributed by atoms with Crippen LogP contribution in [0.1, 0.15) is 50.5 Å². The number of carbonyl (C=O) groups excluding carboxylic acids is 2. The highest BCUT2D eigenvalue weighted by atomic mass is 35.5. The number of halogens is 2. The zero-order chi connectivity index (χ0) is 30.7. The maximum atomic E-state index is 13.8. The molecule has 2 aromatic rings. The first-order valence-corrected chi connectivity index (χ1v) is 15.2. The fraction of sp³-hybridized carbons (Fsp3) is 0.500. The van der Waals surface area contributed by atoms with Crippen molar-refractivity contribution in [3.63, 3.8) is 0 Å². The van der Waals surface area contributed by atoms with Crippen LogP contribution >= 0.6 is 23.2 Å². The van der Waals surface area contributed by atoms with Gasteiger partial charge in [0.2, 0.25) is 11.9 Å². The van der Waals surface area contributed by atoms with Crippen molar-refractivity contribution < 1.29 is 19.1 Å². The molecule has 3 atom stereocenters. The van der Waals surface area contributed by atoms with Gasteiger partial charge in [-0.15, -0.1) is 0 Å². The molecule has 11 nitrogen and oxygen atoms in total. The summed E-state index contributed by atoms with van der Waals surface area (Å²) in [5, 5.41) is 16.4. The van der Waals surface area contributed by atoms with Gasteiger partial charge in [-0.05, 0) is 37.2 Å². The van der Waals surface area contributed by atoms with Crippen LogP contribution in [-0.4, -0.2) is 54.8 Å². The van der Waals surface area contributed by atoms with Crippen molar-refractivity contribution in [3.05, 3.63) is 40.5 Å². The summed E-state index contributed by atoms with van der Waals surface area (Å²) in [4.78, 5) is 38.0. The maximum absolute atomic E-state index is 13.8. The summed E-state index contributed by atoms with van der Waals surface area (Å²) in [6.45, 7) is 3.39. The van der Waals surface area contributed by atoms with Crippen LogP contribution in [0.4, 0.5) is 22.2 Å². The number of fused-ring (bicyclic) bond motifs is 1. The number of methoxy groups -OCH3 is 2. The third-order valence-electron chi connectivity index (χ3n) is 8.72. The molecule has 3 unspecified atom stereocenters. The van der Waals surface area contributed by atoms with E-state index in [0.29, 0.717) is 29.2 Å². The van der Waals surface area contributed by atoms with E-state index in [4.69, 9.17) is 37.7 Å². The summed E-state index contributed by atoms with van der Waals surface area (Å²) >= 11 is 13.3. The van der Waals surface area contributed by atoms with Crippen LogP contribution in [0.25, 0.3) is 0 Å². The Hall–Kier alpha value is -3.75. The molecule has 2 saturated carbocycles. The Labute approximate surface area is 261 Å². The van der Waals surface area contributed by atoms with Gasteiger partial charge >= 0.3 is 6.03 Å². The molecule has 5 rings (SSSR count). The summed E-state index contributed by atoms with van der Waals surface area (Å²) < 4.78 is 10.8. The lowest BCUT2D eigenvalue weighted by molar-refractivity contribution is -0.117. The number of hydrogen-bond donors (Lipinski definition) is 2. The number of carbonyl (C=O) groups is 2. The molecule has 1 aliphatic heterocycles. The Kier molecular flexibility index (Phi) is 9.47. The average Bonchev–Trinajstić information content (AvgIpc) is 3.55. The highest BCUT2D eigenvalue weighted by Gasteiger charge is 2.39. The second-order valence-electron chi connectivity index (χ2n) is 11.1. The molecule has 2 aliphatic carbocycles. The Balaban J connectivity index is 1.46. The third-order valence-corrected chi connectivity index (χ3v) is 9.45. The molecule has 0 spiro atoms. The van der Waals surface area contributed by atoms with Crippen molar-refractivity contribution in [1.29, 1.82) is 5.26 Å². The standard InChI is InChI=1S/C30H35Cl2N7O4/c1-4-24(40)35-20-10-9-18(17-7-5-6-8-17)13-21(20)36-29-34-15-19-16-39(30(41)38(12-11-33)28(19)37-29)27-25(31)22(42-2)14-23(43-3)26(27)32/h4,14-15,17-18,20-21H,1,5-10,12-13,16H2,2-3H3,(H,35,40)(H,34,36,37). The third kappa shape index (κ3) is 6.17. The van der Waals surface area contributed by atoms with E-state index < -0.39 is 6.03 Å². The normalized spacial score (nSPS) is 22.0. The van der Waals surface area contributed by atoms with Gasteiger partial charge in [0.25, 0.3) is 0 Å². The van der Waals surface area contributed by atoms with E-state index in [-0.39, 0.29) is 58.3 Å². The predicted molar refractivity (Wildman–Crippen MR) is 165 cm³/mol. The highest BCUT2D eigenvalue weighted by Crippen LogP contribution is 2.48.